The molecule has 6 rings (SSSR count). The van der Waals surface area contributed by atoms with Crippen LogP contribution >= 0.6 is 0 Å². The molecule has 314 valence electrons. The van der Waals surface area contributed by atoms with E-state index in [9.17, 15) is 57.5 Å². The standard InChI is InChI=1S/C46H30F12N2O/c47-43(48,49)32-15-7-28(8-16-32)26-39(30-11-19-34(20-12-30)45(53,54)55)36-4-3-5-37(38(36)23-25-60-42(61)41-6-1-2-24-59-41)40(31-13-21-35(22-14-31)46(56,57)58)27-29-9-17-33(18-10-29)44(50,51)52/h1-22,24,26-27H,23,25H2,(H,60,61)/b39-26+,40-27+. The van der Waals surface area contributed by atoms with Crippen LogP contribution in [-0.4, -0.2) is 17.4 Å². The van der Waals surface area contributed by atoms with Gasteiger partial charge in [-0.05, 0) is 129 Å². The van der Waals surface area contributed by atoms with Crippen LogP contribution in [0.5, 0.6) is 0 Å². The van der Waals surface area contributed by atoms with E-state index < -0.39 is 52.9 Å². The molecule has 15 heteroatoms. The fourth-order valence-electron chi connectivity index (χ4n) is 6.43. The maximum Gasteiger partial charge on any atom is 0.416 e. The molecule has 3 nitrogen and oxygen atoms in total. The van der Waals surface area contributed by atoms with E-state index in [0.29, 0.717) is 16.7 Å². The van der Waals surface area contributed by atoms with Crippen molar-refractivity contribution in [3.8, 4) is 0 Å². The predicted octanol–water partition coefficient (Wildman–Crippen LogP) is 13.3. The first kappa shape index (κ1) is 43.9. The molecule has 5 aromatic carbocycles. The first-order valence-electron chi connectivity index (χ1n) is 18.1. The van der Waals surface area contributed by atoms with E-state index >= 15 is 0 Å². The Hall–Kier alpha value is -6.64. The Kier molecular flexibility index (Phi) is 12.6. The molecule has 1 heterocycles. The molecule has 0 bridgehead atoms. The first-order valence-corrected chi connectivity index (χ1v) is 18.1. The highest BCUT2D eigenvalue weighted by molar-refractivity contribution is 5.98. The summed E-state index contributed by atoms with van der Waals surface area (Å²) in [6.45, 7) is -0.111. The highest BCUT2D eigenvalue weighted by Gasteiger charge is 2.33. The minimum absolute atomic E-state index is 0.0555. The smallest absolute Gasteiger partial charge is 0.350 e. The van der Waals surface area contributed by atoms with Crippen LogP contribution in [0.25, 0.3) is 23.3 Å². The largest absolute Gasteiger partial charge is 0.416 e. The van der Waals surface area contributed by atoms with Gasteiger partial charge in [0.15, 0.2) is 0 Å². The summed E-state index contributed by atoms with van der Waals surface area (Å²) in [4.78, 5) is 17.1. The number of carbonyl (C=O) groups excluding carboxylic acids is 1. The zero-order valence-electron chi connectivity index (χ0n) is 31.2. The van der Waals surface area contributed by atoms with Crippen LogP contribution in [0.4, 0.5) is 52.7 Å². The number of hydrogen-bond acceptors (Lipinski definition) is 2. The molecule has 0 spiro atoms. The Balaban J connectivity index is 1.59. The van der Waals surface area contributed by atoms with Gasteiger partial charge in [0.25, 0.3) is 5.91 Å². The van der Waals surface area contributed by atoms with Crippen molar-refractivity contribution in [2.45, 2.75) is 31.1 Å². The van der Waals surface area contributed by atoms with E-state index in [0.717, 1.165) is 48.5 Å². The van der Waals surface area contributed by atoms with Crippen molar-refractivity contribution >= 4 is 29.2 Å². The molecule has 0 saturated carbocycles. The lowest BCUT2D eigenvalue weighted by atomic mass is 9.84. The normalized spacial score (nSPS) is 13.0. The summed E-state index contributed by atoms with van der Waals surface area (Å²) in [6, 6.07) is 25.3. The Morgan fingerprint density at radius 3 is 1.20 bits per heavy atom. The molecule has 0 unspecified atom stereocenters. The number of halogens is 12. The highest BCUT2D eigenvalue weighted by Crippen LogP contribution is 2.39. The van der Waals surface area contributed by atoms with Gasteiger partial charge in [0, 0.05) is 12.7 Å². The highest BCUT2D eigenvalue weighted by atomic mass is 19.4. The van der Waals surface area contributed by atoms with Crippen molar-refractivity contribution < 1.29 is 57.5 Å². The fraction of sp³-hybridized carbons (Fsp3) is 0.130. The Morgan fingerprint density at radius 2 is 0.852 bits per heavy atom. The molecular weight excluding hydrogens is 824 g/mol. The average molecular weight is 855 g/mol. The van der Waals surface area contributed by atoms with Gasteiger partial charge in [-0.3, -0.25) is 9.78 Å². The van der Waals surface area contributed by atoms with Crippen molar-refractivity contribution in [2.24, 2.45) is 0 Å². The lowest BCUT2D eigenvalue weighted by Gasteiger charge is -2.21. The van der Waals surface area contributed by atoms with Crippen molar-refractivity contribution in [1.29, 1.82) is 0 Å². The lowest BCUT2D eigenvalue weighted by molar-refractivity contribution is -0.138. The number of carbonyl (C=O) groups is 1. The number of amides is 1. The number of pyridine rings is 1. The van der Waals surface area contributed by atoms with Gasteiger partial charge in [-0.2, -0.15) is 52.7 Å². The van der Waals surface area contributed by atoms with Crippen molar-refractivity contribution in [3.05, 3.63) is 207 Å². The van der Waals surface area contributed by atoms with Gasteiger partial charge in [-0.25, -0.2) is 0 Å². The zero-order chi connectivity index (χ0) is 44.2. The Labute approximate surface area is 340 Å². The summed E-state index contributed by atoms with van der Waals surface area (Å²) < 4.78 is 163. The molecule has 1 N–H and O–H groups in total. The predicted molar refractivity (Wildman–Crippen MR) is 206 cm³/mol. The van der Waals surface area contributed by atoms with Gasteiger partial charge in [0.2, 0.25) is 0 Å². The van der Waals surface area contributed by atoms with Gasteiger partial charge >= 0.3 is 24.7 Å². The van der Waals surface area contributed by atoms with Crippen molar-refractivity contribution in [3.63, 3.8) is 0 Å². The number of hydrogen-bond donors (Lipinski definition) is 1. The third kappa shape index (κ3) is 11.0. The minimum Gasteiger partial charge on any atom is -0.350 e. The molecule has 1 amide bonds. The van der Waals surface area contributed by atoms with E-state index in [1.165, 1.54) is 79.0 Å². The second kappa shape index (κ2) is 17.5. The van der Waals surface area contributed by atoms with E-state index in [1.807, 2.05) is 0 Å². The van der Waals surface area contributed by atoms with Gasteiger partial charge < -0.3 is 5.32 Å². The minimum atomic E-state index is -4.72. The van der Waals surface area contributed by atoms with Gasteiger partial charge in [0.05, 0.1) is 22.3 Å². The maximum atomic E-state index is 13.7. The molecule has 0 radical (unpaired) electrons. The second-order valence-corrected chi connectivity index (χ2v) is 13.6. The molecule has 0 aliphatic carbocycles. The topological polar surface area (TPSA) is 42.0 Å². The third-order valence-corrected chi connectivity index (χ3v) is 9.46. The number of rotatable bonds is 10. The number of aromatic nitrogens is 1. The third-order valence-electron chi connectivity index (χ3n) is 9.46. The molecule has 6 aromatic rings. The Bertz CT molecular complexity index is 2370. The van der Waals surface area contributed by atoms with Crippen LogP contribution in [0.1, 0.15) is 71.7 Å². The molecule has 0 saturated heterocycles. The van der Waals surface area contributed by atoms with Crippen LogP contribution < -0.4 is 5.32 Å². The summed E-state index contributed by atoms with van der Waals surface area (Å²) in [5.41, 5.74) is -1.63. The fourth-order valence-corrected chi connectivity index (χ4v) is 6.43. The van der Waals surface area contributed by atoms with Crippen LogP contribution in [0, 0.1) is 0 Å². The molecule has 0 aliphatic heterocycles. The van der Waals surface area contributed by atoms with Gasteiger partial charge in [-0.15, -0.1) is 0 Å². The molecule has 0 atom stereocenters. The van der Waals surface area contributed by atoms with E-state index in [4.69, 9.17) is 0 Å². The van der Waals surface area contributed by atoms with Crippen LogP contribution in [0.2, 0.25) is 0 Å². The SMILES string of the molecule is O=C(NCCc1c(/C(=C/c2ccc(C(F)(F)F)cc2)c2ccc(C(F)(F)F)cc2)cccc1/C(=C/c1ccc(C(F)(F)F)cc1)c1ccc(C(F)(F)F)cc1)c1ccccn1. The van der Waals surface area contributed by atoms with E-state index in [-0.39, 0.29) is 52.1 Å². The zero-order valence-corrected chi connectivity index (χ0v) is 31.2. The molecule has 1 aromatic heterocycles. The van der Waals surface area contributed by atoms with Gasteiger partial charge in [-0.1, -0.05) is 72.8 Å². The van der Waals surface area contributed by atoms with E-state index in [2.05, 4.69) is 10.3 Å². The summed E-state index contributed by atoms with van der Waals surface area (Å²) in [7, 11) is 0. The molecular formula is C46H30F12N2O. The number of alkyl halides is 12. The van der Waals surface area contributed by atoms with Gasteiger partial charge in [0.1, 0.15) is 5.69 Å². The molecule has 0 fully saturated rings. The number of nitrogens with one attached hydrogen (secondary N) is 1. The monoisotopic (exact) mass is 854 g/mol. The lowest BCUT2D eigenvalue weighted by Crippen LogP contribution is -2.27. The molecule has 61 heavy (non-hydrogen) atoms. The number of benzene rings is 5. The Morgan fingerprint density at radius 1 is 0.475 bits per heavy atom. The van der Waals surface area contributed by atoms with Crippen LogP contribution in [0.15, 0.2) is 140 Å². The van der Waals surface area contributed by atoms with Crippen LogP contribution in [-0.2, 0) is 31.1 Å². The van der Waals surface area contributed by atoms with Crippen molar-refractivity contribution in [2.75, 3.05) is 6.54 Å². The van der Waals surface area contributed by atoms with Crippen molar-refractivity contribution in [1.82, 2.24) is 10.3 Å². The summed E-state index contributed by atoms with van der Waals surface area (Å²) >= 11 is 0. The maximum absolute atomic E-state index is 13.7. The first-order chi connectivity index (χ1) is 28.7. The van der Waals surface area contributed by atoms with Crippen LogP contribution in [0.3, 0.4) is 0 Å². The van der Waals surface area contributed by atoms with E-state index in [1.54, 1.807) is 24.3 Å². The number of nitrogens with zero attached hydrogens (tertiary/aromatic N) is 1. The second-order valence-electron chi connectivity index (χ2n) is 13.6. The quantitative estimate of drug-likeness (QED) is 0.110. The summed E-state index contributed by atoms with van der Waals surface area (Å²) in [5, 5.41) is 2.74. The average Bonchev–Trinajstić information content (AvgIpc) is 3.21. The summed E-state index contributed by atoms with van der Waals surface area (Å²) in [6.07, 6.45) is -14.5. The summed E-state index contributed by atoms with van der Waals surface area (Å²) in [5.74, 6) is -0.578. The molecule has 0 aliphatic rings.